The molecular weight excluding hydrogens is 186 g/mol. The molecule has 0 saturated carbocycles. The summed E-state index contributed by atoms with van der Waals surface area (Å²) in [6.07, 6.45) is 0. The number of nitrogens with one attached hydrogen (secondary N) is 1. The summed E-state index contributed by atoms with van der Waals surface area (Å²) < 4.78 is 21.0. The van der Waals surface area contributed by atoms with Crippen LogP contribution in [0.5, 0.6) is 0 Å². The van der Waals surface area contributed by atoms with Crippen LogP contribution < -0.4 is 5.32 Å². The number of halogens is 1. The lowest BCUT2D eigenvalue weighted by molar-refractivity contribution is 0.0955. The van der Waals surface area contributed by atoms with E-state index >= 15 is 0 Å². The van der Waals surface area contributed by atoms with Crippen LogP contribution in [0.25, 0.3) is 0 Å². The average molecular weight is 201 g/mol. The lowest BCUT2D eigenvalue weighted by Crippen LogP contribution is -2.30. The molecule has 0 radical (unpaired) electrons. The summed E-state index contributed by atoms with van der Waals surface area (Å²) in [7, 11) is 0. The molecule has 1 aromatic carbocycles. The Labute approximate surface area is 87.1 Å². The minimum Gasteiger partial charge on any atom is -0.310 e. The van der Waals surface area contributed by atoms with E-state index in [1.165, 1.54) is 6.92 Å². The van der Waals surface area contributed by atoms with Crippen molar-refractivity contribution in [1.82, 2.24) is 5.32 Å². The zero-order valence-corrected chi connectivity index (χ0v) is 7.93. The third-order valence-corrected chi connectivity index (χ3v) is 1.99. The Kier molecular flexibility index (Phi) is 2.22. The van der Waals surface area contributed by atoms with E-state index < -0.39 is 13.0 Å². The summed E-state index contributed by atoms with van der Waals surface area (Å²) in [6.45, 7) is -0.801. The Balaban J connectivity index is 2.74. The summed E-state index contributed by atoms with van der Waals surface area (Å²) in [6, 6.07) is 5.58. The van der Waals surface area contributed by atoms with Gasteiger partial charge in [-0.2, -0.15) is 0 Å². The zero-order valence-electron chi connectivity index (χ0n) is 10.2. The zero-order chi connectivity index (χ0) is 12.3. The molecule has 1 atom stereocenters. The van der Waals surface area contributed by atoms with E-state index in [1.54, 1.807) is 24.3 Å². The molecule has 0 saturated heterocycles. The lowest BCUT2D eigenvalue weighted by Gasteiger charge is -2.08. The van der Waals surface area contributed by atoms with Gasteiger partial charge in [0.05, 0.1) is 6.04 Å². The molecule has 0 fully saturated rings. The fraction of sp³-hybridized carbons (Fsp3) is 0.300. The van der Waals surface area contributed by atoms with Gasteiger partial charge in [0.1, 0.15) is 0 Å². The number of ketones is 1. The molecule has 0 aliphatic heterocycles. The Morgan fingerprint density at radius 3 is 2.69 bits per heavy atom. The van der Waals surface area contributed by atoms with Crippen molar-refractivity contribution in [3.05, 3.63) is 34.9 Å². The minimum atomic E-state index is -2.32. The van der Waals surface area contributed by atoms with Crippen LogP contribution in [0, 0.1) is 0 Å². The van der Waals surface area contributed by atoms with Gasteiger partial charge in [0.25, 0.3) is 0 Å². The second-order valence-electron chi connectivity index (χ2n) is 2.74. The van der Waals surface area contributed by atoms with E-state index in [4.69, 9.17) is 15.7 Å². The van der Waals surface area contributed by atoms with E-state index in [1.807, 2.05) is 0 Å². The standard InChI is InChI=1S/C10H12ClNO/c1-7(12-2)10(13)8-3-5-9(11)6-4-8/h3-7,12H,1-2H3/i2D3. The number of likely N-dealkylation sites (N-methyl/N-ethyl adjacent to an activating group) is 1. The van der Waals surface area contributed by atoms with Gasteiger partial charge in [-0.05, 0) is 38.2 Å². The van der Waals surface area contributed by atoms with Gasteiger partial charge in [-0.3, -0.25) is 4.79 Å². The summed E-state index contributed by atoms with van der Waals surface area (Å²) in [5.41, 5.74) is 0.439. The Morgan fingerprint density at radius 2 is 2.15 bits per heavy atom. The molecule has 0 aliphatic rings. The summed E-state index contributed by atoms with van der Waals surface area (Å²) in [5, 5.41) is 2.78. The summed E-state index contributed by atoms with van der Waals surface area (Å²) >= 11 is 5.69. The van der Waals surface area contributed by atoms with Crippen molar-refractivity contribution < 1.29 is 8.91 Å². The molecule has 1 rings (SSSR count). The summed E-state index contributed by atoms with van der Waals surface area (Å²) in [5.74, 6) is -0.271. The van der Waals surface area contributed by atoms with Gasteiger partial charge >= 0.3 is 0 Å². The molecule has 0 aliphatic carbocycles. The molecule has 1 aromatic rings. The van der Waals surface area contributed by atoms with Crippen LogP contribution in [0.3, 0.4) is 0 Å². The topological polar surface area (TPSA) is 29.1 Å². The lowest BCUT2D eigenvalue weighted by atomic mass is 10.1. The highest BCUT2D eigenvalue weighted by Gasteiger charge is 2.11. The monoisotopic (exact) mass is 200 g/mol. The molecule has 0 spiro atoms. The first-order valence-corrected chi connectivity index (χ1v) is 4.25. The summed E-state index contributed by atoms with van der Waals surface area (Å²) in [4.78, 5) is 11.8. The van der Waals surface area contributed by atoms with Crippen molar-refractivity contribution in [1.29, 1.82) is 0 Å². The number of hydrogen-bond acceptors (Lipinski definition) is 2. The van der Waals surface area contributed by atoms with Crippen molar-refractivity contribution in [3.8, 4) is 0 Å². The normalized spacial score (nSPS) is 16.9. The van der Waals surface area contributed by atoms with Gasteiger partial charge in [-0.25, -0.2) is 0 Å². The molecule has 0 heterocycles. The molecule has 0 bridgehead atoms. The smallest absolute Gasteiger partial charge is 0.179 e. The SMILES string of the molecule is [2H]C([2H])([2H])NC(C)C(=O)c1ccc(Cl)cc1. The van der Waals surface area contributed by atoms with Crippen molar-refractivity contribution in [2.24, 2.45) is 0 Å². The number of Topliss-reactive ketones (excluding diaryl/α,β-unsaturated/α-hetero) is 1. The highest BCUT2D eigenvalue weighted by molar-refractivity contribution is 6.30. The second-order valence-corrected chi connectivity index (χ2v) is 3.17. The fourth-order valence-electron chi connectivity index (χ4n) is 0.930. The van der Waals surface area contributed by atoms with Gasteiger partial charge in [0, 0.05) is 14.7 Å². The molecule has 3 heteroatoms. The van der Waals surface area contributed by atoms with Crippen LogP contribution in [0.15, 0.2) is 24.3 Å². The van der Waals surface area contributed by atoms with Crippen LogP contribution in [-0.2, 0) is 0 Å². The van der Waals surface area contributed by atoms with E-state index in [0.29, 0.717) is 10.6 Å². The number of benzene rings is 1. The Morgan fingerprint density at radius 1 is 1.54 bits per heavy atom. The van der Waals surface area contributed by atoms with E-state index in [9.17, 15) is 4.79 Å². The Bertz CT molecular complexity index is 375. The molecule has 0 amide bonds. The third kappa shape index (κ3) is 2.54. The molecule has 0 aromatic heterocycles. The van der Waals surface area contributed by atoms with Crippen LogP contribution in [0.2, 0.25) is 5.02 Å². The first kappa shape index (κ1) is 6.57. The number of carbonyl (C=O) groups excluding carboxylic acids is 1. The number of rotatable bonds is 3. The highest BCUT2D eigenvalue weighted by Crippen LogP contribution is 2.10. The minimum absolute atomic E-state index is 0.271. The number of hydrogen-bond donors (Lipinski definition) is 1. The van der Waals surface area contributed by atoms with Crippen molar-refractivity contribution >= 4 is 17.4 Å². The molecule has 70 valence electrons. The largest absolute Gasteiger partial charge is 0.310 e. The van der Waals surface area contributed by atoms with Gasteiger partial charge < -0.3 is 5.32 Å². The first-order valence-electron chi connectivity index (χ1n) is 5.37. The van der Waals surface area contributed by atoms with Crippen molar-refractivity contribution in [2.75, 3.05) is 6.98 Å². The van der Waals surface area contributed by atoms with E-state index in [-0.39, 0.29) is 5.78 Å². The highest BCUT2D eigenvalue weighted by atomic mass is 35.5. The first-order chi connectivity index (χ1) is 7.29. The quantitative estimate of drug-likeness (QED) is 0.758. The van der Waals surface area contributed by atoms with Gasteiger partial charge in [-0.1, -0.05) is 11.6 Å². The van der Waals surface area contributed by atoms with Gasteiger partial charge in [-0.15, -0.1) is 0 Å². The van der Waals surface area contributed by atoms with Crippen molar-refractivity contribution in [3.63, 3.8) is 0 Å². The predicted molar refractivity (Wildman–Crippen MR) is 54.3 cm³/mol. The van der Waals surface area contributed by atoms with Crippen LogP contribution in [0.4, 0.5) is 0 Å². The van der Waals surface area contributed by atoms with Crippen LogP contribution in [0.1, 0.15) is 21.4 Å². The van der Waals surface area contributed by atoms with Gasteiger partial charge in [0.2, 0.25) is 0 Å². The second kappa shape index (κ2) is 4.40. The van der Waals surface area contributed by atoms with Crippen LogP contribution in [-0.4, -0.2) is 18.8 Å². The third-order valence-electron chi connectivity index (χ3n) is 1.74. The average Bonchev–Trinajstić information content (AvgIpc) is 2.15. The maximum atomic E-state index is 11.8. The Hall–Kier alpha value is -0.860. The molecule has 2 nitrogen and oxygen atoms in total. The molecule has 1 unspecified atom stereocenters. The predicted octanol–water partition coefficient (Wildman–Crippen LogP) is 2.13. The van der Waals surface area contributed by atoms with E-state index in [2.05, 4.69) is 5.32 Å². The maximum absolute atomic E-state index is 11.8. The molecule has 13 heavy (non-hydrogen) atoms. The molecular formula is C10H12ClNO. The van der Waals surface area contributed by atoms with Crippen LogP contribution >= 0.6 is 11.6 Å². The van der Waals surface area contributed by atoms with Crippen molar-refractivity contribution in [2.45, 2.75) is 13.0 Å². The molecule has 1 N–H and O–H groups in total. The van der Waals surface area contributed by atoms with E-state index in [0.717, 1.165) is 0 Å². The number of carbonyl (C=O) groups is 1. The fourth-order valence-corrected chi connectivity index (χ4v) is 1.06. The van der Waals surface area contributed by atoms with Gasteiger partial charge in [0.15, 0.2) is 5.78 Å². The maximum Gasteiger partial charge on any atom is 0.179 e.